The van der Waals surface area contributed by atoms with Crippen LogP contribution in [0.4, 0.5) is 4.39 Å². The van der Waals surface area contributed by atoms with Gasteiger partial charge in [0.2, 0.25) is 0 Å². The van der Waals surface area contributed by atoms with E-state index in [-0.39, 0.29) is 5.82 Å². The van der Waals surface area contributed by atoms with Crippen molar-refractivity contribution in [2.24, 2.45) is 0 Å². The molecule has 0 atom stereocenters. The molecular weight excluding hydrogens is 353 g/mol. The molecule has 1 N–H and O–H groups in total. The number of aryl methyl sites for hydroxylation is 1. The number of halogens is 1. The van der Waals surface area contributed by atoms with Crippen molar-refractivity contribution in [3.8, 4) is 11.5 Å². The van der Waals surface area contributed by atoms with Gasteiger partial charge in [0.25, 0.3) is 0 Å². The fourth-order valence-electron chi connectivity index (χ4n) is 3.03. The van der Waals surface area contributed by atoms with E-state index in [0.29, 0.717) is 31.9 Å². The van der Waals surface area contributed by atoms with E-state index < -0.39 is 0 Å². The van der Waals surface area contributed by atoms with Crippen molar-refractivity contribution in [2.45, 2.75) is 26.5 Å². The molecule has 3 aromatic rings. The molecule has 0 radical (unpaired) electrons. The first-order valence-electron chi connectivity index (χ1n) is 9.45. The van der Waals surface area contributed by atoms with Crippen LogP contribution in [0.5, 0.6) is 11.5 Å². The van der Waals surface area contributed by atoms with Gasteiger partial charge in [-0.25, -0.2) is 4.39 Å². The number of methoxy groups -OCH3 is 1. The Kier molecular flexibility index (Phi) is 7.04. The van der Waals surface area contributed by atoms with Crippen molar-refractivity contribution in [2.75, 3.05) is 13.7 Å². The molecule has 0 fully saturated rings. The normalized spacial score (nSPS) is 10.7. The monoisotopic (exact) mass is 379 g/mol. The smallest absolute Gasteiger partial charge is 0.161 e. The summed E-state index contributed by atoms with van der Waals surface area (Å²) in [6.07, 6.45) is 0.654. The second kappa shape index (κ2) is 9.90. The predicted molar refractivity (Wildman–Crippen MR) is 110 cm³/mol. The average Bonchev–Trinajstić information content (AvgIpc) is 2.72. The molecule has 146 valence electrons. The van der Waals surface area contributed by atoms with Gasteiger partial charge in [0, 0.05) is 6.54 Å². The van der Waals surface area contributed by atoms with Crippen LogP contribution in [0.3, 0.4) is 0 Å². The highest BCUT2D eigenvalue weighted by atomic mass is 19.1. The molecular formula is C24H26FNO2. The van der Waals surface area contributed by atoms with Crippen LogP contribution in [-0.4, -0.2) is 13.7 Å². The van der Waals surface area contributed by atoms with Crippen LogP contribution in [0.1, 0.15) is 22.3 Å². The van der Waals surface area contributed by atoms with Gasteiger partial charge < -0.3 is 14.8 Å². The van der Waals surface area contributed by atoms with Gasteiger partial charge in [-0.3, -0.25) is 0 Å². The number of benzene rings is 3. The Morgan fingerprint density at radius 3 is 2.39 bits per heavy atom. The maximum absolute atomic E-state index is 13.6. The lowest BCUT2D eigenvalue weighted by Gasteiger charge is -2.14. The zero-order chi connectivity index (χ0) is 19.8. The van der Waals surface area contributed by atoms with Gasteiger partial charge in [0.05, 0.1) is 7.11 Å². The van der Waals surface area contributed by atoms with E-state index in [0.717, 1.165) is 22.4 Å². The van der Waals surface area contributed by atoms with Crippen LogP contribution >= 0.6 is 0 Å². The molecule has 0 amide bonds. The standard InChI is InChI=1S/C24H26FNO2/c1-18-7-3-4-9-21(18)17-28-23-12-11-19(15-24(23)27-2)16-26-14-13-20-8-5-6-10-22(20)25/h3-12,15,26H,13-14,16-17H2,1-2H3. The topological polar surface area (TPSA) is 30.5 Å². The highest BCUT2D eigenvalue weighted by Crippen LogP contribution is 2.29. The van der Waals surface area contributed by atoms with Crippen LogP contribution in [0, 0.1) is 12.7 Å². The molecule has 28 heavy (non-hydrogen) atoms. The van der Waals surface area contributed by atoms with Gasteiger partial charge in [0.15, 0.2) is 11.5 Å². The fraction of sp³-hybridized carbons (Fsp3) is 0.250. The van der Waals surface area contributed by atoms with Gasteiger partial charge in [-0.1, -0.05) is 48.5 Å². The minimum absolute atomic E-state index is 0.152. The van der Waals surface area contributed by atoms with Crippen LogP contribution < -0.4 is 14.8 Å². The van der Waals surface area contributed by atoms with Crippen molar-refractivity contribution in [3.05, 3.63) is 94.8 Å². The molecule has 0 aliphatic heterocycles. The summed E-state index contributed by atoms with van der Waals surface area (Å²) in [5.74, 6) is 1.28. The Bertz CT molecular complexity index is 911. The van der Waals surface area contributed by atoms with E-state index >= 15 is 0 Å². The number of hydrogen-bond acceptors (Lipinski definition) is 3. The Balaban J connectivity index is 1.54. The fourth-order valence-corrected chi connectivity index (χ4v) is 3.03. The summed E-state index contributed by atoms with van der Waals surface area (Å²) < 4.78 is 25.1. The largest absolute Gasteiger partial charge is 0.493 e. The van der Waals surface area contributed by atoms with Crippen LogP contribution in [0.15, 0.2) is 66.7 Å². The van der Waals surface area contributed by atoms with Gasteiger partial charge >= 0.3 is 0 Å². The minimum atomic E-state index is -0.152. The summed E-state index contributed by atoms with van der Waals surface area (Å²) in [4.78, 5) is 0. The Morgan fingerprint density at radius 1 is 0.893 bits per heavy atom. The van der Waals surface area contributed by atoms with E-state index in [9.17, 15) is 4.39 Å². The second-order valence-corrected chi connectivity index (χ2v) is 6.72. The zero-order valence-electron chi connectivity index (χ0n) is 16.4. The number of ether oxygens (including phenoxy) is 2. The molecule has 3 aromatic carbocycles. The summed E-state index contributed by atoms with van der Waals surface area (Å²) in [6.45, 7) is 3.97. The van der Waals surface area contributed by atoms with Crippen molar-refractivity contribution in [3.63, 3.8) is 0 Å². The number of rotatable bonds is 9. The highest BCUT2D eigenvalue weighted by molar-refractivity contribution is 5.43. The van der Waals surface area contributed by atoms with Crippen molar-refractivity contribution < 1.29 is 13.9 Å². The van der Waals surface area contributed by atoms with E-state index in [1.165, 1.54) is 11.6 Å². The summed E-state index contributed by atoms with van der Waals surface area (Å²) in [6, 6.07) is 21.0. The molecule has 0 aliphatic carbocycles. The lowest BCUT2D eigenvalue weighted by molar-refractivity contribution is 0.283. The SMILES string of the molecule is COc1cc(CNCCc2ccccc2F)ccc1OCc1ccccc1C. The highest BCUT2D eigenvalue weighted by Gasteiger charge is 2.07. The van der Waals surface area contributed by atoms with Crippen molar-refractivity contribution in [1.82, 2.24) is 5.32 Å². The first-order chi connectivity index (χ1) is 13.7. The molecule has 3 nitrogen and oxygen atoms in total. The summed E-state index contributed by atoms with van der Waals surface area (Å²) in [5, 5.41) is 3.35. The third-order valence-corrected chi connectivity index (χ3v) is 4.73. The molecule has 0 heterocycles. The Hall–Kier alpha value is -2.85. The molecule has 0 saturated carbocycles. The van der Waals surface area contributed by atoms with Crippen molar-refractivity contribution >= 4 is 0 Å². The van der Waals surface area contributed by atoms with E-state index in [1.54, 1.807) is 13.2 Å². The second-order valence-electron chi connectivity index (χ2n) is 6.72. The van der Waals surface area contributed by atoms with E-state index in [2.05, 4.69) is 24.4 Å². The molecule has 0 saturated heterocycles. The molecule has 3 rings (SSSR count). The first-order valence-corrected chi connectivity index (χ1v) is 9.45. The molecule has 0 aliphatic rings. The number of hydrogen-bond donors (Lipinski definition) is 1. The third kappa shape index (κ3) is 5.33. The van der Waals surface area contributed by atoms with Crippen LogP contribution in [0.25, 0.3) is 0 Å². The van der Waals surface area contributed by atoms with Crippen LogP contribution in [-0.2, 0) is 19.6 Å². The molecule has 0 bridgehead atoms. The average molecular weight is 379 g/mol. The minimum Gasteiger partial charge on any atom is -0.493 e. The lowest BCUT2D eigenvalue weighted by Crippen LogP contribution is -2.17. The van der Waals surface area contributed by atoms with Gasteiger partial charge in [-0.15, -0.1) is 0 Å². The molecule has 0 spiro atoms. The zero-order valence-corrected chi connectivity index (χ0v) is 16.4. The summed E-state index contributed by atoms with van der Waals surface area (Å²) in [5.41, 5.74) is 4.18. The Labute approximate surface area is 166 Å². The maximum Gasteiger partial charge on any atom is 0.161 e. The van der Waals surface area contributed by atoms with Gasteiger partial charge in [-0.2, -0.15) is 0 Å². The maximum atomic E-state index is 13.6. The van der Waals surface area contributed by atoms with Crippen LogP contribution in [0.2, 0.25) is 0 Å². The lowest BCUT2D eigenvalue weighted by atomic mass is 10.1. The predicted octanol–water partition coefficient (Wildman–Crippen LogP) is 5.05. The number of nitrogens with one attached hydrogen (secondary N) is 1. The van der Waals surface area contributed by atoms with Gasteiger partial charge in [0.1, 0.15) is 12.4 Å². The molecule has 0 unspecified atom stereocenters. The first kappa shape index (κ1) is 19.9. The van der Waals surface area contributed by atoms with E-state index in [4.69, 9.17) is 9.47 Å². The quantitative estimate of drug-likeness (QED) is 0.528. The molecule has 4 heteroatoms. The van der Waals surface area contributed by atoms with Gasteiger partial charge in [-0.05, 0) is 60.3 Å². The van der Waals surface area contributed by atoms with E-state index in [1.807, 2.05) is 42.5 Å². The third-order valence-electron chi connectivity index (χ3n) is 4.73. The molecule has 0 aromatic heterocycles. The summed E-state index contributed by atoms with van der Waals surface area (Å²) >= 11 is 0. The van der Waals surface area contributed by atoms with Crippen molar-refractivity contribution in [1.29, 1.82) is 0 Å². The Morgan fingerprint density at radius 2 is 1.64 bits per heavy atom. The summed E-state index contributed by atoms with van der Waals surface area (Å²) in [7, 11) is 1.64.